The Morgan fingerprint density at radius 2 is 0.667 bits per heavy atom. The van der Waals surface area contributed by atoms with Gasteiger partial charge in [-0.25, -0.2) is 0 Å². The number of benzene rings is 11. The third-order valence-corrected chi connectivity index (χ3v) is 12.5. The van der Waals surface area contributed by atoms with Crippen LogP contribution in [0, 0.1) is 0 Å². The molecule has 1 nitrogen and oxygen atoms in total. The Labute approximate surface area is 348 Å². The molecule has 1 heterocycles. The summed E-state index contributed by atoms with van der Waals surface area (Å²) in [6.07, 6.45) is 1.89. The van der Waals surface area contributed by atoms with Crippen molar-refractivity contribution >= 4 is 64.8 Å². The van der Waals surface area contributed by atoms with Gasteiger partial charge in [-0.05, 0) is 140 Å². The van der Waals surface area contributed by atoms with E-state index in [0.717, 1.165) is 5.52 Å². The zero-order valence-electron chi connectivity index (χ0n) is 32.8. The first kappa shape index (κ1) is 34.2. The minimum atomic E-state index is 1.00. The average Bonchev–Trinajstić information content (AvgIpc) is 3.32. The molecule has 1 heteroatoms. The molecule has 0 unspecified atom stereocenters. The smallest absolute Gasteiger partial charge is 0.0714 e. The zero-order chi connectivity index (χ0) is 39.6. The lowest BCUT2D eigenvalue weighted by Gasteiger charge is -2.20. The number of fused-ring (bicyclic) bond motifs is 7. The predicted molar refractivity (Wildman–Crippen MR) is 256 cm³/mol. The summed E-state index contributed by atoms with van der Waals surface area (Å²) in [5, 5.41) is 13.6. The largest absolute Gasteiger partial charge is 0.256 e. The summed E-state index contributed by atoms with van der Waals surface area (Å²) in [4.78, 5) is 4.83. The fourth-order valence-corrected chi connectivity index (χ4v) is 9.53. The number of aromatic nitrogens is 1. The van der Waals surface area contributed by atoms with E-state index in [0.29, 0.717) is 0 Å². The van der Waals surface area contributed by atoms with Gasteiger partial charge >= 0.3 is 0 Å². The van der Waals surface area contributed by atoms with Crippen LogP contribution in [0.2, 0.25) is 0 Å². The van der Waals surface area contributed by atoms with E-state index in [1.54, 1.807) is 0 Å². The van der Waals surface area contributed by atoms with Crippen molar-refractivity contribution < 1.29 is 0 Å². The van der Waals surface area contributed by atoms with Crippen molar-refractivity contribution in [2.45, 2.75) is 0 Å². The van der Waals surface area contributed by atoms with Gasteiger partial charge in [0.05, 0.1) is 5.52 Å². The third kappa shape index (κ3) is 5.67. The van der Waals surface area contributed by atoms with Gasteiger partial charge in [0.15, 0.2) is 0 Å². The van der Waals surface area contributed by atoms with Gasteiger partial charge in [0.25, 0.3) is 0 Å². The minimum Gasteiger partial charge on any atom is -0.256 e. The van der Waals surface area contributed by atoms with E-state index in [2.05, 4.69) is 212 Å². The maximum absolute atomic E-state index is 4.83. The van der Waals surface area contributed by atoms with Gasteiger partial charge in [-0.15, -0.1) is 0 Å². The first-order valence-electron chi connectivity index (χ1n) is 20.7. The molecule has 0 bridgehead atoms. The van der Waals surface area contributed by atoms with Crippen molar-refractivity contribution in [2.24, 2.45) is 0 Å². The Hall–Kier alpha value is -7.87. The molecule has 0 amide bonds. The molecule has 0 aliphatic carbocycles. The number of pyridine rings is 1. The summed E-state index contributed by atoms with van der Waals surface area (Å²) in [5.41, 5.74) is 13.1. The van der Waals surface area contributed by atoms with Gasteiger partial charge in [-0.2, -0.15) is 0 Å². The molecule has 12 aromatic rings. The van der Waals surface area contributed by atoms with E-state index in [1.165, 1.54) is 115 Å². The second-order valence-electron chi connectivity index (χ2n) is 15.9. The predicted octanol–water partition coefficient (Wildman–Crippen LogP) is 16.3. The molecule has 0 atom stereocenters. The fourth-order valence-electron chi connectivity index (χ4n) is 9.53. The standard InChI is InChI=1S/C59H37N/c1-3-12-44-34-46(29-23-38(44)10-1)40-19-25-42(26-20-40)58-52-16-7-8-17-53(52)59(43-27-21-41(22-28-43)47-30-24-39-11-2-4-13-45(39)35-47)56-36-48(31-32-54(56)58)55-37-57-51(18-9-33-60-57)49-14-5-6-15-50(49)55/h1-37H. The summed E-state index contributed by atoms with van der Waals surface area (Å²) in [5.74, 6) is 0. The summed E-state index contributed by atoms with van der Waals surface area (Å²) < 4.78 is 0. The maximum Gasteiger partial charge on any atom is 0.0714 e. The van der Waals surface area contributed by atoms with Crippen molar-refractivity contribution in [2.75, 3.05) is 0 Å². The molecule has 0 saturated heterocycles. The summed E-state index contributed by atoms with van der Waals surface area (Å²) >= 11 is 0. The topological polar surface area (TPSA) is 12.9 Å². The average molecular weight is 760 g/mol. The summed E-state index contributed by atoms with van der Waals surface area (Å²) in [7, 11) is 0. The lowest BCUT2D eigenvalue weighted by molar-refractivity contribution is 1.42. The molecule has 0 radical (unpaired) electrons. The van der Waals surface area contributed by atoms with Crippen LogP contribution in [0.25, 0.3) is 120 Å². The van der Waals surface area contributed by atoms with Crippen molar-refractivity contribution in [3.63, 3.8) is 0 Å². The number of hydrogen-bond donors (Lipinski definition) is 0. The highest BCUT2D eigenvalue weighted by atomic mass is 14.6. The van der Waals surface area contributed by atoms with Gasteiger partial charge in [0.1, 0.15) is 0 Å². The molecule has 0 aliphatic rings. The number of rotatable bonds is 5. The van der Waals surface area contributed by atoms with Crippen LogP contribution in [0.1, 0.15) is 0 Å². The quantitative estimate of drug-likeness (QED) is 0.126. The van der Waals surface area contributed by atoms with Crippen LogP contribution in [0.3, 0.4) is 0 Å². The molecule has 0 fully saturated rings. The summed E-state index contributed by atoms with van der Waals surface area (Å²) in [6, 6.07) is 80.3. The molecular weight excluding hydrogens is 723 g/mol. The van der Waals surface area contributed by atoms with Crippen LogP contribution in [0.15, 0.2) is 225 Å². The van der Waals surface area contributed by atoms with Gasteiger partial charge < -0.3 is 0 Å². The Bertz CT molecular complexity index is 3630. The fraction of sp³-hybridized carbons (Fsp3) is 0. The molecule has 1 aromatic heterocycles. The third-order valence-electron chi connectivity index (χ3n) is 12.5. The summed E-state index contributed by atoms with van der Waals surface area (Å²) in [6.45, 7) is 0. The monoisotopic (exact) mass is 759 g/mol. The molecule has 0 N–H and O–H groups in total. The normalized spacial score (nSPS) is 11.7. The Balaban J connectivity index is 1.08. The minimum absolute atomic E-state index is 1.00. The van der Waals surface area contributed by atoms with E-state index < -0.39 is 0 Å². The Morgan fingerprint density at radius 1 is 0.233 bits per heavy atom. The second-order valence-corrected chi connectivity index (χ2v) is 15.9. The van der Waals surface area contributed by atoms with Crippen LogP contribution in [-0.2, 0) is 0 Å². The highest BCUT2D eigenvalue weighted by Gasteiger charge is 2.19. The Morgan fingerprint density at radius 3 is 1.27 bits per heavy atom. The van der Waals surface area contributed by atoms with E-state index in [9.17, 15) is 0 Å². The molecule has 12 rings (SSSR count). The first-order valence-corrected chi connectivity index (χ1v) is 20.7. The van der Waals surface area contributed by atoms with Crippen LogP contribution in [0.5, 0.6) is 0 Å². The molecule has 278 valence electrons. The van der Waals surface area contributed by atoms with Crippen molar-refractivity contribution in [1.82, 2.24) is 4.98 Å². The highest BCUT2D eigenvalue weighted by Crippen LogP contribution is 2.46. The van der Waals surface area contributed by atoms with E-state index in [-0.39, 0.29) is 0 Å². The first-order chi connectivity index (χ1) is 29.7. The lowest BCUT2D eigenvalue weighted by atomic mass is 9.84. The highest BCUT2D eigenvalue weighted by molar-refractivity contribution is 6.23. The van der Waals surface area contributed by atoms with E-state index >= 15 is 0 Å². The molecule has 0 aliphatic heterocycles. The molecule has 0 spiro atoms. The van der Waals surface area contributed by atoms with Crippen LogP contribution >= 0.6 is 0 Å². The molecule has 0 saturated carbocycles. The van der Waals surface area contributed by atoms with Crippen LogP contribution in [0.4, 0.5) is 0 Å². The van der Waals surface area contributed by atoms with Crippen molar-refractivity contribution in [3.05, 3.63) is 225 Å². The van der Waals surface area contributed by atoms with E-state index in [1.807, 2.05) is 12.3 Å². The van der Waals surface area contributed by atoms with Crippen LogP contribution < -0.4 is 0 Å². The van der Waals surface area contributed by atoms with Gasteiger partial charge in [-0.3, -0.25) is 4.98 Å². The van der Waals surface area contributed by atoms with Gasteiger partial charge in [0, 0.05) is 11.6 Å². The second kappa shape index (κ2) is 13.9. The lowest BCUT2D eigenvalue weighted by Crippen LogP contribution is -1.93. The van der Waals surface area contributed by atoms with Crippen molar-refractivity contribution in [1.29, 1.82) is 0 Å². The molecular formula is C59H37N. The van der Waals surface area contributed by atoms with Crippen molar-refractivity contribution in [3.8, 4) is 55.6 Å². The number of nitrogens with zero attached hydrogens (tertiary/aromatic N) is 1. The zero-order valence-corrected chi connectivity index (χ0v) is 32.8. The molecule has 60 heavy (non-hydrogen) atoms. The van der Waals surface area contributed by atoms with Gasteiger partial charge in [0.2, 0.25) is 0 Å². The SMILES string of the molecule is c1ccc2cc(-c3ccc(-c4c5ccccc5c(-c5ccc(-c6ccc7ccccc7c6)cc5)c5cc(-c6cc7ncccc7c7ccccc67)ccc45)cc3)ccc2c1. The van der Waals surface area contributed by atoms with E-state index in [4.69, 9.17) is 4.98 Å². The Kier molecular flexibility index (Phi) is 7.92. The van der Waals surface area contributed by atoms with Crippen LogP contribution in [-0.4, -0.2) is 4.98 Å². The molecule has 11 aromatic carbocycles. The number of hydrogen-bond acceptors (Lipinski definition) is 1. The van der Waals surface area contributed by atoms with Gasteiger partial charge in [-0.1, -0.05) is 188 Å². The maximum atomic E-state index is 4.83.